The van der Waals surface area contributed by atoms with E-state index in [0.717, 1.165) is 22.9 Å². The first kappa shape index (κ1) is 24.8. The summed E-state index contributed by atoms with van der Waals surface area (Å²) in [7, 11) is 0. The number of nitrogens with one attached hydrogen (secondary N) is 2. The van der Waals surface area contributed by atoms with Crippen LogP contribution in [0.25, 0.3) is 0 Å². The zero-order chi connectivity index (χ0) is 24.9. The van der Waals surface area contributed by atoms with Gasteiger partial charge in [0.25, 0.3) is 5.24 Å². The van der Waals surface area contributed by atoms with Gasteiger partial charge in [-0.2, -0.15) is 0 Å². The molecule has 3 atom stereocenters. The van der Waals surface area contributed by atoms with Crippen molar-refractivity contribution in [3.63, 3.8) is 0 Å². The molecule has 4 nitrogen and oxygen atoms in total. The molecule has 5 heteroatoms. The van der Waals surface area contributed by atoms with Gasteiger partial charge in [-0.3, -0.25) is 20.2 Å². The monoisotopic (exact) mass is 498 g/mol. The minimum Gasteiger partial charge on any atom is -0.300 e. The number of amides is 2. The van der Waals surface area contributed by atoms with Gasteiger partial charge in [0.2, 0.25) is 5.91 Å². The molecule has 186 valence electrons. The standard InChI is InChI=1S/C31H34N2O2S/c1-21(23-15-17-25(18-16-23)24-10-4-2-5-11-24)32-29(26-12-6-3-7-13-26)27-14-8-9-22(19-27)20-28-30(34)33-31(35)36-28/h3,6-9,12-19,21,24,28-29,32H,2,4-5,10-11,20H2,1H3,(H,33,34,35). The Morgan fingerprint density at radius 2 is 1.58 bits per heavy atom. The van der Waals surface area contributed by atoms with E-state index in [0.29, 0.717) is 12.3 Å². The second-order valence-corrected chi connectivity index (χ2v) is 11.2. The number of thioether (sulfide) groups is 1. The number of rotatable bonds is 8. The van der Waals surface area contributed by atoms with E-state index in [1.165, 1.54) is 48.8 Å². The van der Waals surface area contributed by atoms with E-state index in [-0.39, 0.29) is 28.5 Å². The van der Waals surface area contributed by atoms with Crippen molar-refractivity contribution in [2.45, 2.75) is 68.7 Å². The summed E-state index contributed by atoms with van der Waals surface area (Å²) in [5.41, 5.74) is 6.17. The van der Waals surface area contributed by atoms with Crippen LogP contribution in [0, 0.1) is 0 Å². The summed E-state index contributed by atoms with van der Waals surface area (Å²) in [6.45, 7) is 2.22. The van der Waals surface area contributed by atoms with Crippen LogP contribution < -0.4 is 10.6 Å². The number of imide groups is 1. The first-order chi connectivity index (χ1) is 17.6. The predicted octanol–water partition coefficient (Wildman–Crippen LogP) is 7.07. The summed E-state index contributed by atoms with van der Waals surface area (Å²) < 4.78 is 0. The maximum atomic E-state index is 12.1. The maximum absolute atomic E-state index is 12.1. The summed E-state index contributed by atoms with van der Waals surface area (Å²) in [5, 5.41) is 5.64. The van der Waals surface area contributed by atoms with Crippen LogP contribution in [0.2, 0.25) is 0 Å². The van der Waals surface area contributed by atoms with Gasteiger partial charge >= 0.3 is 0 Å². The fourth-order valence-electron chi connectivity index (χ4n) is 5.51. The number of hydrogen-bond acceptors (Lipinski definition) is 4. The topological polar surface area (TPSA) is 58.2 Å². The van der Waals surface area contributed by atoms with Crippen LogP contribution in [0.1, 0.15) is 84.8 Å². The highest BCUT2D eigenvalue weighted by molar-refractivity contribution is 8.15. The normalized spacial score (nSPS) is 20.2. The highest BCUT2D eigenvalue weighted by Gasteiger charge is 2.31. The SMILES string of the molecule is CC(NC(c1ccccc1)c1cccc(CC2SC(=O)NC2=O)c1)c1ccc(C2CCCCC2)cc1. The van der Waals surface area contributed by atoms with Crippen molar-refractivity contribution >= 4 is 22.9 Å². The third kappa shape index (κ3) is 5.91. The second-order valence-electron chi connectivity index (χ2n) is 10.1. The van der Waals surface area contributed by atoms with E-state index in [1.54, 1.807) is 0 Å². The molecule has 1 aliphatic carbocycles. The molecule has 36 heavy (non-hydrogen) atoms. The fraction of sp³-hybridized carbons (Fsp3) is 0.355. The van der Waals surface area contributed by atoms with E-state index < -0.39 is 0 Å². The Hall–Kier alpha value is -2.89. The largest absolute Gasteiger partial charge is 0.300 e. The first-order valence-electron chi connectivity index (χ1n) is 13.1. The Balaban J connectivity index is 1.35. The summed E-state index contributed by atoms with van der Waals surface area (Å²) >= 11 is 1.08. The molecule has 0 aromatic heterocycles. The lowest BCUT2D eigenvalue weighted by Crippen LogP contribution is -2.26. The van der Waals surface area contributed by atoms with E-state index in [9.17, 15) is 9.59 Å². The van der Waals surface area contributed by atoms with Gasteiger partial charge < -0.3 is 0 Å². The number of hydrogen-bond donors (Lipinski definition) is 2. The summed E-state index contributed by atoms with van der Waals surface area (Å²) in [6, 6.07) is 28.3. The van der Waals surface area contributed by atoms with Crippen molar-refractivity contribution in [1.82, 2.24) is 10.6 Å². The third-order valence-electron chi connectivity index (χ3n) is 7.54. The lowest BCUT2D eigenvalue weighted by atomic mass is 9.83. The average molecular weight is 499 g/mol. The number of carbonyl (C=O) groups excluding carboxylic acids is 2. The van der Waals surface area contributed by atoms with Gasteiger partial charge in [-0.15, -0.1) is 0 Å². The van der Waals surface area contributed by atoms with E-state index in [2.05, 4.69) is 78.2 Å². The second kappa shape index (κ2) is 11.4. The molecule has 3 aromatic carbocycles. The Labute approximate surface area is 218 Å². The molecule has 0 bridgehead atoms. The molecule has 5 rings (SSSR count). The minimum atomic E-state index is -0.363. The highest BCUT2D eigenvalue weighted by atomic mass is 32.2. The Kier molecular flexibility index (Phi) is 7.88. The van der Waals surface area contributed by atoms with E-state index in [4.69, 9.17) is 0 Å². The van der Waals surface area contributed by atoms with Gasteiger partial charge in [0.1, 0.15) is 0 Å². The van der Waals surface area contributed by atoms with Crippen molar-refractivity contribution in [3.05, 3.63) is 107 Å². The molecule has 3 unspecified atom stereocenters. The van der Waals surface area contributed by atoms with Crippen molar-refractivity contribution in [3.8, 4) is 0 Å². The molecule has 2 amide bonds. The third-order valence-corrected chi connectivity index (χ3v) is 8.52. The molecular weight excluding hydrogens is 464 g/mol. The van der Waals surface area contributed by atoms with Crippen molar-refractivity contribution in [1.29, 1.82) is 0 Å². The molecule has 2 N–H and O–H groups in total. The lowest BCUT2D eigenvalue weighted by Gasteiger charge is -2.26. The fourth-order valence-corrected chi connectivity index (χ4v) is 6.37. The van der Waals surface area contributed by atoms with Crippen molar-refractivity contribution < 1.29 is 9.59 Å². The Morgan fingerprint density at radius 1 is 0.861 bits per heavy atom. The van der Waals surface area contributed by atoms with Crippen LogP contribution in [0.3, 0.4) is 0 Å². The van der Waals surface area contributed by atoms with Gasteiger partial charge in [0.05, 0.1) is 11.3 Å². The number of carbonyl (C=O) groups is 2. The lowest BCUT2D eigenvalue weighted by molar-refractivity contribution is -0.118. The van der Waals surface area contributed by atoms with Gasteiger partial charge in [-0.05, 0) is 59.9 Å². The predicted molar refractivity (Wildman–Crippen MR) is 147 cm³/mol. The molecule has 1 aliphatic heterocycles. The Bertz CT molecular complexity index is 1190. The zero-order valence-electron chi connectivity index (χ0n) is 20.8. The molecule has 1 heterocycles. The highest BCUT2D eigenvalue weighted by Crippen LogP contribution is 2.34. The zero-order valence-corrected chi connectivity index (χ0v) is 21.6. The summed E-state index contributed by atoms with van der Waals surface area (Å²) in [6.07, 6.45) is 7.24. The van der Waals surface area contributed by atoms with Crippen LogP contribution in [0.4, 0.5) is 4.79 Å². The van der Waals surface area contributed by atoms with Crippen LogP contribution >= 0.6 is 11.8 Å². The smallest absolute Gasteiger partial charge is 0.286 e. The van der Waals surface area contributed by atoms with Gasteiger partial charge in [0, 0.05) is 6.04 Å². The van der Waals surface area contributed by atoms with Crippen molar-refractivity contribution in [2.75, 3.05) is 0 Å². The maximum Gasteiger partial charge on any atom is 0.286 e. The summed E-state index contributed by atoms with van der Waals surface area (Å²) in [4.78, 5) is 23.7. The summed E-state index contributed by atoms with van der Waals surface area (Å²) in [5.74, 6) is 0.518. The van der Waals surface area contributed by atoms with Crippen LogP contribution in [-0.2, 0) is 11.2 Å². The van der Waals surface area contributed by atoms with Gasteiger partial charge in [-0.1, -0.05) is 110 Å². The Morgan fingerprint density at radius 3 is 2.28 bits per heavy atom. The molecule has 2 aliphatic rings. The van der Waals surface area contributed by atoms with Crippen LogP contribution in [-0.4, -0.2) is 16.4 Å². The molecular formula is C31H34N2O2S. The van der Waals surface area contributed by atoms with Crippen LogP contribution in [0.15, 0.2) is 78.9 Å². The average Bonchev–Trinajstić information content (AvgIpc) is 3.24. The van der Waals surface area contributed by atoms with E-state index >= 15 is 0 Å². The van der Waals surface area contributed by atoms with Crippen LogP contribution in [0.5, 0.6) is 0 Å². The first-order valence-corrected chi connectivity index (χ1v) is 14.0. The van der Waals surface area contributed by atoms with Gasteiger partial charge in [-0.25, -0.2) is 0 Å². The van der Waals surface area contributed by atoms with E-state index in [1.807, 2.05) is 18.2 Å². The number of benzene rings is 3. The molecule has 2 fully saturated rings. The molecule has 1 saturated heterocycles. The molecule has 1 saturated carbocycles. The van der Waals surface area contributed by atoms with Crippen molar-refractivity contribution in [2.24, 2.45) is 0 Å². The molecule has 0 radical (unpaired) electrons. The molecule has 3 aromatic rings. The van der Waals surface area contributed by atoms with Gasteiger partial charge in [0.15, 0.2) is 0 Å². The quantitative estimate of drug-likeness (QED) is 0.349. The minimum absolute atomic E-state index is 0.00543. The molecule has 0 spiro atoms.